The molecule has 0 amide bonds. The number of aliphatic hydroxyl groups is 1. The Morgan fingerprint density at radius 1 is 1.04 bits per heavy atom. The van der Waals surface area contributed by atoms with Crippen molar-refractivity contribution in [1.29, 1.82) is 0 Å². The summed E-state index contributed by atoms with van der Waals surface area (Å²) in [7, 11) is 0. The Kier molecular flexibility index (Phi) is 5.87. The SMILES string of the molecule is OCCC(NCc1ccc2c(c1)CCN2Cc1ccccc1)c1cccs1. The van der Waals surface area contributed by atoms with E-state index in [1.807, 2.05) is 0 Å². The molecule has 3 aromatic rings. The van der Waals surface area contributed by atoms with E-state index in [0.29, 0.717) is 0 Å². The lowest BCUT2D eigenvalue weighted by atomic mass is 10.1. The van der Waals surface area contributed by atoms with Crippen molar-refractivity contribution in [3.8, 4) is 0 Å². The third-order valence-corrected chi connectivity index (χ3v) is 6.19. The van der Waals surface area contributed by atoms with Gasteiger partial charge in [-0.15, -0.1) is 11.3 Å². The Bertz CT molecular complexity index is 848. The summed E-state index contributed by atoms with van der Waals surface area (Å²) in [4.78, 5) is 3.77. The molecule has 140 valence electrons. The standard InChI is InChI=1S/C23H26N2OS/c26-13-11-21(23-7-4-14-27-23)24-16-19-8-9-22-20(15-19)10-12-25(22)17-18-5-2-1-3-6-18/h1-9,14-15,21,24,26H,10-13,16-17H2. The zero-order valence-corrected chi connectivity index (χ0v) is 16.3. The third-order valence-electron chi connectivity index (χ3n) is 5.21. The lowest BCUT2D eigenvalue weighted by Gasteiger charge is -2.20. The average Bonchev–Trinajstić information content (AvgIpc) is 3.36. The fourth-order valence-corrected chi connectivity index (χ4v) is 4.64. The number of nitrogens with one attached hydrogen (secondary N) is 1. The molecule has 2 heterocycles. The number of hydrogen-bond donors (Lipinski definition) is 2. The smallest absolute Gasteiger partial charge is 0.0449 e. The molecule has 0 fully saturated rings. The number of fused-ring (bicyclic) bond motifs is 1. The Labute approximate surface area is 165 Å². The van der Waals surface area contributed by atoms with E-state index in [2.05, 4.69) is 76.3 Å². The number of nitrogens with zero attached hydrogens (tertiary/aromatic N) is 1. The molecule has 1 atom stereocenters. The van der Waals surface area contributed by atoms with Crippen LogP contribution >= 0.6 is 11.3 Å². The van der Waals surface area contributed by atoms with Crippen molar-refractivity contribution < 1.29 is 5.11 Å². The summed E-state index contributed by atoms with van der Waals surface area (Å²) in [5.41, 5.74) is 5.49. The van der Waals surface area contributed by atoms with E-state index in [1.54, 1.807) is 11.3 Å². The highest BCUT2D eigenvalue weighted by molar-refractivity contribution is 7.10. The van der Waals surface area contributed by atoms with Crippen LogP contribution in [-0.2, 0) is 19.5 Å². The van der Waals surface area contributed by atoms with Crippen LogP contribution in [0.1, 0.15) is 34.0 Å². The van der Waals surface area contributed by atoms with E-state index in [9.17, 15) is 5.11 Å². The summed E-state index contributed by atoms with van der Waals surface area (Å²) in [6.07, 6.45) is 1.86. The van der Waals surface area contributed by atoms with E-state index in [4.69, 9.17) is 0 Å². The van der Waals surface area contributed by atoms with Crippen molar-refractivity contribution in [2.75, 3.05) is 18.1 Å². The molecule has 0 saturated carbocycles. The molecule has 1 aromatic heterocycles. The Morgan fingerprint density at radius 3 is 2.70 bits per heavy atom. The first-order chi connectivity index (χ1) is 13.3. The molecule has 0 radical (unpaired) electrons. The van der Waals surface area contributed by atoms with Gasteiger partial charge >= 0.3 is 0 Å². The molecule has 1 aliphatic rings. The van der Waals surface area contributed by atoms with Gasteiger partial charge < -0.3 is 15.3 Å². The van der Waals surface area contributed by atoms with Gasteiger partial charge in [-0.2, -0.15) is 0 Å². The van der Waals surface area contributed by atoms with Crippen LogP contribution in [0.25, 0.3) is 0 Å². The Balaban J connectivity index is 1.41. The van der Waals surface area contributed by atoms with Crippen LogP contribution in [0, 0.1) is 0 Å². The molecule has 0 spiro atoms. The van der Waals surface area contributed by atoms with Crippen LogP contribution in [-0.4, -0.2) is 18.3 Å². The first kappa shape index (κ1) is 18.2. The number of anilines is 1. The monoisotopic (exact) mass is 378 g/mol. The minimum Gasteiger partial charge on any atom is -0.396 e. The number of benzene rings is 2. The zero-order valence-electron chi connectivity index (χ0n) is 15.5. The molecular formula is C23H26N2OS. The van der Waals surface area contributed by atoms with Crippen molar-refractivity contribution >= 4 is 17.0 Å². The predicted molar refractivity (Wildman–Crippen MR) is 113 cm³/mol. The number of thiophene rings is 1. The highest BCUT2D eigenvalue weighted by atomic mass is 32.1. The summed E-state index contributed by atoms with van der Waals surface area (Å²) in [6.45, 7) is 3.09. The number of aliphatic hydroxyl groups excluding tert-OH is 1. The van der Waals surface area contributed by atoms with Gasteiger partial charge in [-0.25, -0.2) is 0 Å². The molecule has 27 heavy (non-hydrogen) atoms. The fourth-order valence-electron chi connectivity index (χ4n) is 3.81. The second-order valence-electron chi connectivity index (χ2n) is 7.08. The van der Waals surface area contributed by atoms with Gasteiger partial charge in [0.2, 0.25) is 0 Å². The van der Waals surface area contributed by atoms with E-state index in [0.717, 1.165) is 32.5 Å². The van der Waals surface area contributed by atoms with Crippen LogP contribution in [0.2, 0.25) is 0 Å². The quantitative estimate of drug-likeness (QED) is 0.605. The molecule has 4 heteroatoms. The molecule has 0 saturated heterocycles. The summed E-state index contributed by atoms with van der Waals surface area (Å²) in [5, 5.41) is 15.1. The van der Waals surface area contributed by atoms with Crippen LogP contribution in [0.5, 0.6) is 0 Å². The summed E-state index contributed by atoms with van der Waals surface area (Å²) < 4.78 is 0. The maximum absolute atomic E-state index is 9.37. The molecule has 2 N–H and O–H groups in total. The van der Waals surface area contributed by atoms with E-state index >= 15 is 0 Å². The maximum atomic E-state index is 9.37. The van der Waals surface area contributed by atoms with Crippen molar-refractivity contribution in [3.63, 3.8) is 0 Å². The second kappa shape index (κ2) is 8.70. The summed E-state index contributed by atoms with van der Waals surface area (Å²) >= 11 is 1.75. The van der Waals surface area contributed by atoms with Crippen LogP contribution in [0.4, 0.5) is 5.69 Å². The minimum atomic E-state index is 0.203. The van der Waals surface area contributed by atoms with Crippen molar-refractivity contribution in [3.05, 3.63) is 87.6 Å². The van der Waals surface area contributed by atoms with Crippen molar-refractivity contribution in [2.45, 2.75) is 32.0 Å². The molecule has 1 aliphatic heterocycles. The van der Waals surface area contributed by atoms with E-state index in [1.165, 1.54) is 27.3 Å². The van der Waals surface area contributed by atoms with Crippen LogP contribution in [0.3, 0.4) is 0 Å². The van der Waals surface area contributed by atoms with E-state index < -0.39 is 0 Å². The molecule has 3 nitrogen and oxygen atoms in total. The van der Waals surface area contributed by atoms with Gasteiger partial charge in [0.1, 0.15) is 0 Å². The average molecular weight is 379 g/mol. The van der Waals surface area contributed by atoms with Gasteiger partial charge in [0.25, 0.3) is 0 Å². The van der Waals surface area contributed by atoms with Gasteiger partial charge in [0.05, 0.1) is 0 Å². The van der Waals surface area contributed by atoms with Crippen molar-refractivity contribution in [1.82, 2.24) is 5.32 Å². The van der Waals surface area contributed by atoms with Gasteiger partial charge in [-0.1, -0.05) is 48.5 Å². The summed E-state index contributed by atoms with van der Waals surface area (Å²) in [6, 6.07) is 22.0. The van der Waals surface area contributed by atoms with Gasteiger partial charge in [0, 0.05) is 42.8 Å². The van der Waals surface area contributed by atoms with Gasteiger partial charge in [-0.05, 0) is 47.0 Å². The van der Waals surface area contributed by atoms with Crippen LogP contribution in [0.15, 0.2) is 66.0 Å². The predicted octanol–water partition coefficient (Wildman–Crippen LogP) is 4.52. The first-order valence-electron chi connectivity index (χ1n) is 9.62. The topological polar surface area (TPSA) is 35.5 Å². The highest BCUT2D eigenvalue weighted by Crippen LogP contribution is 2.30. The van der Waals surface area contributed by atoms with Gasteiger partial charge in [0.15, 0.2) is 0 Å². The highest BCUT2D eigenvalue weighted by Gasteiger charge is 2.19. The third kappa shape index (κ3) is 4.41. The number of rotatable bonds is 8. The first-order valence-corrected chi connectivity index (χ1v) is 10.5. The molecule has 1 unspecified atom stereocenters. The number of hydrogen-bond acceptors (Lipinski definition) is 4. The molecule has 0 bridgehead atoms. The van der Waals surface area contributed by atoms with Gasteiger partial charge in [-0.3, -0.25) is 0 Å². The van der Waals surface area contributed by atoms with E-state index in [-0.39, 0.29) is 12.6 Å². The molecular weight excluding hydrogens is 352 g/mol. The normalized spacial score (nSPS) is 14.3. The summed E-state index contributed by atoms with van der Waals surface area (Å²) in [5.74, 6) is 0. The molecule has 2 aromatic carbocycles. The largest absolute Gasteiger partial charge is 0.396 e. The molecule has 4 rings (SSSR count). The second-order valence-corrected chi connectivity index (χ2v) is 8.06. The lowest BCUT2D eigenvalue weighted by Crippen LogP contribution is -2.21. The zero-order chi connectivity index (χ0) is 18.5. The Morgan fingerprint density at radius 2 is 1.93 bits per heavy atom. The molecule has 0 aliphatic carbocycles. The lowest BCUT2D eigenvalue weighted by molar-refractivity contribution is 0.266. The Hall–Kier alpha value is -2.14. The minimum absolute atomic E-state index is 0.203. The maximum Gasteiger partial charge on any atom is 0.0449 e. The fraction of sp³-hybridized carbons (Fsp3) is 0.304. The van der Waals surface area contributed by atoms with Crippen molar-refractivity contribution in [2.24, 2.45) is 0 Å². The van der Waals surface area contributed by atoms with Crippen LogP contribution < -0.4 is 10.2 Å².